The topological polar surface area (TPSA) is 45.8 Å². The Morgan fingerprint density at radius 2 is 1.05 bits per heavy atom. The molecule has 6 heterocycles. The number of likely N-dealkylation sites (tertiary alicyclic amines) is 3. The molecule has 3 saturated heterocycles. The van der Waals surface area contributed by atoms with Crippen molar-refractivity contribution in [3.63, 3.8) is 0 Å². The van der Waals surface area contributed by atoms with E-state index in [0.29, 0.717) is 6.17 Å². The Morgan fingerprint density at radius 3 is 1.82 bits per heavy atom. The monoisotopic (exact) mass is 518 g/mol. The number of fused-ring (bicyclic) bond motifs is 10. The van der Waals surface area contributed by atoms with Gasteiger partial charge in [0, 0.05) is 47.5 Å². The summed E-state index contributed by atoms with van der Waals surface area (Å²) in [7, 11) is 6.93. The van der Waals surface area contributed by atoms with E-state index in [1.54, 1.807) is 5.56 Å². The molecular formula is C33H38N6. The van der Waals surface area contributed by atoms with E-state index in [2.05, 4.69) is 119 Å². The average Bonchev–Trinajstić information content (AvgIpc) is 3.76. The lowest BCUT2D eigenvalue weighted by molar-refractivity contribution is 0.147. The number of para-hydroxylation sites is 3. The summed E-state index contributed by atoms with van der Waals surface area (Å²) in [6.45, 7) is 3.33. The van der Waals surface area contributed by atoms with Gasteiger partial charge in [0.05, 0.1) is 23.9 Å². The second-order valence-corrected chi connectivity index (χ2v) is 13.1. The van der Waals surface area contributed by atoms with Crippen LogP contribution in [0.2, 0.25) is 0 Å². The maximum Gasteiger partial charge on any atom is 0.0933 e. The quantitative estimate of drug-likeness (QED) is 0.467. The lowest BCUT2D eigenvalue weighted by Gasteiger charge is -2.48. The Balaban J connectivity index is 1.31. The number of nitrogens with one attached hydrogen (secondary N) is 3. The molecule has 0 saturated carbocycles. The fourth-order valence-corrected chi connectivity index (χ4v) is 10.3. The highest BCUT2D eigenvalue weighted by atomic mass is 15.4. The summed E-state index contributed by atoms with van der Waals surface area (Å²) < 4.78 is 0. The standard InChI is InChI=1S/C33H38N6/c1-37-18-15-31(21-9-4-6-13-25(21)34-28(31)37)23-11-8-12-24-27(23)36-30-33(24,17-20-39(30)3)32-16-19-38(2)29(32)35-26-14-7-5-10-22(26)32/h4-14,28-30,34-36H,15-20H2,1-3H3/t28?,29-,30+,31+,32+,33-/m0/s1. The van der Waals surface area contributed by atoms with Crippen LogP contribution in [0, 0.1) is 0 Å². The van der Waals surface area contributed by atoms with Crippen LogP contribution in [-0.4, -0.2) is 74.0 Å². The van der Waals surface area contributed by atoms with Gasteiger partial charge in [0.1, 0.15) is 0 Å². The highest BCUT2D eigenvalue weighted by Crippen LogP contribution is 2.67. The maximum atomic E-state index is 4.25. The molecule has 1 unspecified atom stereocenters. The number of hydrogen-bond donors (Lipinski definition) is 3. The maximum absolute atomic E-state index is 4.25. The molecule has 3 aromatic carbocycles. The predicted octanol–water partition coefficient (Wildman–Crippen LogP) is 4.41. The van der Waals surface area contributed by atoms with Gasteiger partial charge in [0.25, 0.3) is 0 Å². The largest absolute Gasteiger partial charge is 0.369 e. The van der Waals surface area contributed by atoms with E-state index < -0.39 is 0 Å². The molecule has 0 aliphatic carbocycles. The van der Waals surface area contributed by atoms with Gasteiger partial charge < -0.3 is 16.0 Å². The zero-order valence-electron chi connectivity index (χ0n) is 23.2. The lowest BCUT2D eigenvalue weighted by atomic mass is 9.54. The second kappa shape index (κ2) is 7.36. The summed E-state index contributed by atoms with van der Waals surface area (Å²) in [6.07, 6.45) is 4.32. The molecule has 6 atom stereocenters. The van der Waals surface area contributed by atoms with Crippen LogP contribution < -0.4 is 16.0 Å². The van der Waals surface area contributed by atoms with Crippen LogP contribution in [0.15, 0.2) is 66.7 Å². The van der Waals surface area contributed by atoms with Crippen molar-refractivity contribution in [2.75, 3.05) is 56.7 Å². The fraction of sp³-hybridized carbons (Fsp3) is 0.455. The molecule has 0 aromatic heterocycles. The van der Waals surface area contributed by atoms with Crippen molar-refractivity contribution >= 4 is 17.1 Å². The van der Waals surface area contributed by atoms with Gasteiger partial charge in [0.15, 0.2) is 0 Å². The molecule has 9 rings (SSSR count). The molecule has 6 nitrogen and oxygen atoms in total. The molecule has 0 radical (unpaired) electrons. The normalized spacial score (nSPS) is 37.9. The van der Waals surface area contributed by atoms with Crippen molar-refractivity contribution in [1.29, 1.82) is 0 Å². The minimum Gasteiger partial charge on any atom is -0.369 e. The number of nitrogens with zero attached hydrogens (tertiary/aromatic N) is 3. The van der Waals surface area contributed by atoms with Gasteiger partial charge in [-0.2, -0.15) is 0 Å². The van der Waals surface area contributed by atoms with Crippen LogP contribution in [0.25, 0.3) is 0 Å². The number of hydrogen-bond acceptors (Lipinski definition) is 6. The Morgan fingerprint density at radius 1 is 0.538 bits per heavy atom. The summed E-state index contributed by atoms with van der Waals surface area (Å²) in [6, 6.07) is 25.5. The van der Waals surface area contributed by atoms with E-state index in [4.69, 9.17) is 0 Å². The summed E-state index contributed by atoms with van der Waals surface area (Å²) >= 11 is 0. The summed E-state index contributed by atoms with van der Waals surface area (Å²) in [5.41, 5.74) is 9.96. The highest BCUT2D eigenvalue weighted by Gasteiger charge is 2.71. The Bertz CT molecular complexity index is 1520. The highest BCUT2D eigenvalue weighted by molar-refractivity contribution is 5.78. The van der Waals surface area contributed by atoms with Crippen LogP contribution in [0.1, 0.15) is 41.5 Å². The van der Waals surface area contributed by atoms with Gasteiger partial charge in [0.2, 0.25) is 0 Å². The number of anilines is 3. The van der Waals surface area contributed by atoms with E-state index in [0.717, 1.165) is 26.1 Å². The SMILES string of the molecule is CN1CC[C@]2(c3cccc4c3N[C@@H]3N(C)CC[C@]43[C@@]34CCN(C)[C@@H]3Nc3ccccc34)c3ccccc3NC12. The van der Waals surface area contributed by atoms with E-state index in [-0.39, 0.29) is 28.6 Å². The minimum atomic E-state index is -0.0581. The lowest BCUT2D eigenvalue weighted by Crippen LogP contribution is -2.60. The van der Waals surface area contributed by atoms with E-state index in [1.807, 2.05) is 0 Å². The zero-order chi connectivity index (χ0) is 26.1. The van der Waals surface area contributed by atoms with Crippen molar-refractivity contribution in [2.45, 2.75) is 54.0 Å². The number of benzene rings is 3. The van der Waals surface area contributed by atoms with Gasteiger partial charge in [-0.3, -0.25) is 14.7 Å². The first-order valence-electron chi connectivity index (χ1n) is 14.8. The molecule has 200 valence electrons. The Hall–Kier alpha value is -3.06. The van der Waals surface area contributed by atoms with Crippen molar-refractivity contribution in [3.8, 4) is 0 Å². The Labute approximate surface area is 231 Å². The zero-order valence-corrected chi connectivity index (χ0v) is 23.2. The summed E-state index contributed by atoms with van der Waals surface area (Å²) in [5, 5.41) is 12.2. The molecule has 0 spiro atoms. The minimum absolute atomic E-state index is 0.00961. The third-order valence-corrected chi connectivity index (χ3v) is 11.8. The predicted molar refractivity (Wildman–Crippen MR) is 157 cm³/mol. The van der Waals surface area contributed by atoms with E-state index in [1.165, 1.54) is 46.6 Å². The van der Waals surface area contributed by atoms with Gasteiger partial charge in [-0.1, -0.05) is 54.6 Å². The Kier molecular flexibility index (Phi) is 4.29. The third-order valence-electron chi connectivity index (χ3n) is 11.8. The number of likely N-dealkylation sites (N-methyl/N-ethyl adjacent to an activating group) is 3. The van der Waals surface area contributed by atoms with Crippen molar-refractivity contribution in [2.24, 2.45) is 0 Å². The molecule has 6 aliphatic heterocycles. The average molecular weight is 519 g/mol. The van der Waals surface area contributed by atoms with Crippen LogP contribution in [0.3, 0.4) is 0 Å². The van der Waals surface area contributed by atoms with E-state index in [9.17, 15) is 0 Å². The summed E-state index contributed by atoms with van der Waals surface area (Å²) in [4.78, 5) is 7.70. The van der Waals surface area contributed by atoms with Crippen LogP contribution >= 0.6 is 0 Å². The van der Waals surface area contributed by atoms with Crippen LogP contribution in [0.4, 0.5) is 17.1 Å². The smallest absolute Gasteiger partial charge is 0.0933 e. The third kappa shape index (κ3) is 2.39. The van der Waals surface area contributed by atoms with Crippen molar-refractivity contribution < 1.29 is 0 Å². The number of rotatable bonds is 2. The second-order valence-electron chi connectivity index (χ2n) is 13.1. The molecule has 3 N–H and O–H groups in total. The molecular weight excluding hydrogens is 480 g/mol. The van der Waals surface area contributed by atoms with Gasteiger partial charge in [-0.25, -0.2) is 0 Å². The first kappa shape index (κ1) is 22.7. The molecule has 6 aliphatic rings. The first-order chi connectivity index (χ1) is 19.0. The summed E-state index contributed by atoms with van der Waals surface area (Å²) in [5.74, 6) is 0. The molecule has 0 amide bonds. The van der Waals surface area contributed by atoms with Crippen molar-refractivity contribution in [3.05, 3.63) is 89.0 Å². The van der Waals surface area contributed by atoms with E-state index >= 15 is 0 Å². The van der Waals surface area contributed by atoms with Gasteiger partial charge >= 0.3 is 0 Å². The molecule has 3 fully saturated rings. The first-order valence-corrected chi connectivity index (χ1v) is 14.8. The van der Waals surface area contributed by atoms with Crippen molar-refractivity contribution in [1.82, 2.24) is 14.7 Å². The van der Waals surface area contributed by atoms with Crippen LogP contribution in [0.5, 0.6) is 0 Å². The van der Waals surface area contributed by atoms with Crippen LogP contribution in [-0.2, 0) is 16.2 Å². The fourth-order valence-electron chi connectivity index (χ4n) is 10.3. The molecule has 39 heavy (non-hydrogen) atoms. The molecule has 6 heteroatoms. The molecule has 3 aromatic rings. The van der Waals surface area contributed by atoms with Gasteiger partial charge in [-0.05, 0) is 74.8 Å². The molecule has 0 bridgehead atoms. The van der Waals surface area contributed by atoms with Gasteiger partial charge in [-0.15, -0.1) is 0 Å².